The number of ether oxygens (including phenoxy) is 2. The molecule has 0 radical (unpaired) electrons. The molecule has 102 valence electrons. The van der Waals surface area contributed by atoms with E-state index in [1.165, 1.54) is 11.1 Å². The highest BCUT2D eigenvalue weighted by atomic mass is 16.5. The monoisotopic (exact) mass is 251 g/mol. The van der Waals surface area contributed by atoms with Crippen LogP contribution in [0.15, 0.2) is 18.2 Å². The van der Waals surface area contributed by atoms with Gasteiger partial charge in [-0.25, -0.2) is 0 Å². The first-order chi connectivity index (χ1) is 8.48. The number of rotatable bonds is 7. The second-order valence-electron chi connectivity index (χ2n) is 5.23. The summed E-state index contributed by atoms with van der Waals surface area (Å²) in [5, 5.41) is 0. The first kappa shape index (κ1) is 15.2. The molecule has 0 fully saturated rings. The van der Waals surface area contributed by atoms with Crippen LogP contribution in [0.4, 0.5) is 0 Å². The summed E-state index contributed by atoms with van der Waals surface area (Å²) in [7, 11) is 1.73. The lowest BCUT2D eigenvalue weighted by atomic mass is 10.1. The van der Waals surface area contributed by atoms with E-state index in [1.54, 1.807) is 7.11 Å². The molecular weight excluding hydrogens is 226 g/mol. The van der Waals surface area contributed by atoms with Gasteiger partial charge >= 0.3 is 0 Å². The predicted octanol–water partition coefficient (Wildman–Crippen LogP) is 2.79. The Labute approximate surface area is 110 Å². The molecule has 0 aromatic heterocycles. The Bertz CT molecular complexity index is 375. The molecule has 1 aromatic carbocycles. The van der Waals surface area contributed by atoms with Gasteiger partial charge in [-0.05, 0) is 43.9 Å². The van der Waals surface area contributed by atoms with Crippen molar-refractivity contribution in [1.82, 2.24) is 0 Å². The summed E-state index contributed by atoms with van der Waals surface area (Å²) in [4.78, 5) is 0. The highest BCUT2D eigenvalue weighted by Crippen LogP contribution is 2.15. The fourth-order valence-corrected chi connectivity index (χ4v) is 1.65. The van der Waals surface area contributed by atoms with E-state index in [2.05, 4.69) is 39.0 Å². The second kappa shape index (κ2) is 6.88. The normalized spacial score (nSPS) is 11.8. The smallest absolute Gasteiger partial charge is 0.0719 e. The number of benzene rings is 1. The molecule has 2 N–H and O–H groups in total. The van der Waals surface area contributed by atoms with Gasteiger partial charge in [0, 0.05) is 20.3 Å². The van der Waals surface area contributed by atoms with Crippen LogP contribution in [0.25, 0.3) is 0 Å². The first-order valence-corrected chi connectivity index (χ1v) is 6.40. The van der Waals surface area contributed by atoms with Crippen LogP contribution in [0.1, 0.15) is 37.0 Å². The summed E-state index contributed by atoms with van der Waals surface area (Å²) in [5.74, 6) is 0. The third kappa shape index (κ3) is 4.77. The van der Waals surface area contributed by atoms with Gasteiger partial charge in [0.2, 0.25) is 0 Å². The topological polar surface area (TPSA) is 44.5 Å². The van der Waals surface area contributed by atoms with Gasteiger partial charge in [0.15, 0.2) is 0 Å². The van der Waals surface area contributed by atoms with Gasteiger partial charge in [0.1, 0.15) is 0 Å². The van der Waals surface area contributed by atoms with Crippen LogP contribution >= 0.6 is 0 Å². The Morgan fingerprint density at radius 3 is 2.56 bits per heavy atom. The van der Waals surface area contributed by atoms with E-state index >= 15 is 0 Å². The van der Waals surface area contributed by atoms with Gasteiger partial charge in [-0.2, -0.15) is 0 Å². The molecule has 0 unspecified atom stereocenters. The molecule has 0 heterocycles. The van der Waals surface area contributed by atoms with Crippen molar-refractivity contribution in [2.75, 3.05) is 13.7 Å². The SMILES string of the molecule is COC(C)(C)CCOCc1ccc(CN)cc1C. The zero-order valence-corrected chi connectivity index (χ0v) is 12.0. The molecule has 1 aromatic rings. The summed E-state index contributed by atoms with van der Waals surface area (Å²) in [6, 6.07) is 6.28. The second-order valence-corrected chi connectivity index (χ2v) is 5.23. The van der Waals surface area contributed by atoms with Gasteiger partial charge in [-0.15, -0.1) is 0 Å². The van der Waals surface area contributed by atoms with Crippen molar-refractivity contribution >= 4 is 0 Å². The summed E-state index contributed by atoms with van der Waals surface area (Å²) in [6.45, 7) is 8.17. The third-order valence-electron chi connectivity index (χ3n) is 3.30. The molecule has 1 rings (SSSR count). The maximum atomic E-state index is 5.70. The minimum absolute atomic E-state index is 0.113. The molecule has 3 nitrogen and oxygen atoms in total. The highest BCUT2D eigenvalue weighted by molar-refractivity contribution is 5.30. The van der Waals surface area contributed by atoms with Crippen molar-refractivity contribution in [3.05, 3.63) is 34.9 Å². The molecule has 0 aliphatic heterocycles. The predicted molar refractivity (Wildman–Crippen MR) is 74.4 cm³/mol. The van der Waals surface area contributed by atoms with Crippen LogP contribution in [-0.2, 0) is 22.6 Å². The van der Waals surface area contributed by atoms with Gasteiger partial charge in [0.25, 0.3) is 0 Å². The molecular formula is C15H25NO2. The van der Waals surface area contributed by atoms with E-state index in [1.807, 2.05) is 0 Å². The molecule has 0 aliphatic carbocycles. The van der Waals surface area contributed by atoms with Crippen LogP contribution in [0.5, 0.6) is 0 Å². The standard InChI is InChI=1S/C15H25NO2/c1-12-9-13(10-16)5-6-14(12)11-18-8-7-15(2,3)17-4/h5-6,9H,7-8,10-11,16H2,1-4H3. The molecule has 0 atom stereocenters. The van der Waals surface area contributed by atoms with E-state index in [4.69, 9.17) is 15.2 Å². The van der Waals surface area contributed by atoms with Gasteiger partial charge in [0.05, 0.1) is 12.2 Å². The Kier molecular flexibility index (Phi) is 5.79. The van der Waals surface area contributed by atoms with Crippen LogP contribution in [-0.4, -0.2) is 19.3 Å². The van der Waals surface area contributed by atoms with E-state index < -0.39 is 0 Å². The van der Waals surface area contributed by atoms with E-state index in [-0.39, 0.29) is 5.60 Å². The molecule has 3 heteroatoms. The molecule has 0 saturated carbocycles. The fraction of sp³-hybridized carbons (Fsp3) is 0.600. The molecule has 0 saturated heterocycles. The van der Waals surface area contributed by atoms with Crippen LogP contribution in [0, 0.1) is 6.92 Å². The summed E-state index contributed by atoms with van der Waals surface area (Å²) >= 11 is 0. The van der Waals surface area contributed by atoms with Crippen molar-refractivity contribution in [1.29, 1.82) is 0 Å². The maximum Gasteiger partial charge on any atom is 0.0719 e. The van der Waals surface area contributed by atoms with Crippen LogP contribution in [0.2, 0.25) is 0 Å². The van der Waals surface area contributed by atoms with Gasteiger partial charge < -0.3 is 15.2 Å². The number of hydrogen-bond donors (Lipinski definition) is 1. The minimum atomic E-state index is -0.113. The minimum Gasteiger partial charge on any atom is -0.379 e. The number of aryl methyl sites for hydroxylation is 1. The Morgan fingerprint density at radius 1 is 1.28 bits per heavy atom. The van der Waals surface area contributed by atoms with Crippen molar-refractivity contribution in [3.8, 4) is 0 Å². The lowest BCUT2D eigenvalue weighted by molar-refractivity contribution is -0.0125. The Hall–Kier alpha value is -0.900. The van der Waals surface area contributed by atoms with Gasteiger partial charge in [-0.1, -0.05) is 18.2 Å². The number of nitrogens with two attached hydrogens (primary N) is 1. The number of methoxy groups -OCH3 is 1. The van der Waals surface area contributed by atoms with E-state index in [0.29, 0.717) is 19.8 Å². The van der Waals surface area contributed by atoms with Crippen LogP contribution < -0.4 is 5.73 Å². The molecule has 18 heavy (non-hydrogen) atoms. The first-order valence-electron chi connectivity index (χ1n) is 6.40. The zero-order valence-electron chi connectivity index (χ0n) is 12.0. The maximum absolute atomic E-state index is 5.70. The van der Waals surface area contributed by atoms with Crippen molar-refractivity contribution in [2.24, 2.45) is 5.73 Å². The fourth-order valence-electron chi connectivity index (χ4n) is 1.65. The molecule has 0 spiro atoms. The molecule has 0 bridgehead atoms. The summed E-state index contributed by atoms with van der Waals surface area (Å²) in [6.07, 6.45) is 0.892. The third-order valence-corrected chi connectivity index (χ3v) is 3.30. The van der Waals surface area contributed by atoms with Crippen molar-refractivity contribution < 1.29 is 9.47 Å². The summed E-state index contributed by atoms with van der Waals surface area (Å²) in [5.41, 5.74) is 9.12. The molecule has 0 aliphatic rings. The van der Waals surface area contributed by atoms with Crippen LogP contribution in [0.3, 0.4) is 0 Å². The van der Waals surface area contributed by atoms with Gasteiger partial charge in [-0.3, -0.25) is 0 Å². The quantitative estimate of drug-likeness (QED) is 0.758. The Morgan fingerprint density at radius 2 is 2.00 bits per heavy atom. The highest BCUT2D eigenvalue weighted by Gasteiger charge is 2.15. The average Bonchev–Trinajstić information content (AvgIpc) is 2.36. The summed E-state index contributed by atoms with van der Waals surface area (Å²) < 4.78 is 11.1. The Balaban J connectivity index is 2.40. The lowest BCUT2D eigenvalue weighted by Crippen LogP contribution is -2.24. The largest absolute Gasteiger partial charge is 0.379 e. The average molecular weight is 251 g/mol. The zero-order chi connectivity index (χ0) is 13.6. The van der Waals surface area contributed by atoms with Crippen molar-refractivity contribution in [2.45, 2.75) is 45.9 Å². The van der Waals surface area contributed by atoms with E-state index in [9.17, 15) is 0 Å². The lowest BCUT2D eigenvalue weighted by Gasteiger charge is -2.22. The van der Waals surface area contributed by atoms with E-state index in [0.717, 1.165) is 12.0 Å². The molecule has 0 amide bonds. The van der Waals surface area contributed by atoms with Crippen molar-refractivity contribution in [3.63, 3.8) is 0 Å². The number of hydrogen-bond acceptors (Lipinski definition) is 3.